The number of hydrogen-bond acceptors (Lipinski definition) is 7. The lowest BCUT2D eigenvalue weighted by atomic mass is 10.1. The first-order chi connectivity index (χ1) is 14.2. The van der Waals surface area contributed by atoms with Gasteiger partial charge in [-0.2, -0.15) is 15.0 Å². The predicted octanol–water partition coefficient (Wildman–Crippen LogP) is 4.10. The summed E-state index contributed by atoms with van der Waals surface area (Å²) in [6.45, 7) is 1.78. The predicted molar refractivity (Wildman–Crippen MR) is 109 cm³/mol. The number of benzene rings is 2. The Morgan fingerprint density at radius 2 is 1.66 bits per heavy atom. The second-order valence-electron chi connectivity index (χ2n) is 6.71. The highest BCUT2D eigenvalue weighted by molar-refractivity contribution is 5.87. The molecule has 0 radical (unpaired) electrons. The van der Waals surface area contributed by atoms with Crippen LogP contribution in [0, 0.1) is 0 Å². The molecule has 0 aliphatic carbocycles. The Balaban J connectivity index is 1.62. The summed E-state index contributed by atoms with van der Waals surface area (Å²) in [5.41, 5.74) is 1.05. The van der Waals surface area contributed by atoms with Gasteiger partial charge in [0, 0.05) is 18.8 Å². The number of hydrogen-bond donors (Lipinski definition) is 2. The Bertz CT molecular complexity index is 973. The van der Waals surface area contributed by atoms with Crippen molar-refractivity contribution in [3.63, 3.8) is 0 Å². The van der Waals surface area contributed by atoms with Crippen LogP contribution in [-0.2, 0) is 0 Å². The van der Waals surface area contributed by atoms with E-state index in [9.17, 15) is 4.79 Å². The lowest BCUT2D eigenvalue weighted by molar-refractivity contribution is 0.0697. The molecule has 1 aromatic heterocycles. The van der Waals surface area contributed by atoms with Gasteiger partial charge in [0.05, 0.1) is 5.56 Å². The van der Waals surface area contributed by atoms with Gasteiger partial charge in [0.15, 0.2) is 0 Å². The van der Waals surface area contributed by atoms with Crippen LogP contribution in [0.4, 0.5) is 17.6 Å². The molecule has 29 heavy (non-hydrogen) atoms. The number of nitrogens with one attached hydrogen (secondary N) is 1. The number of aromatic carboxylic acids is 1. The topological polar surface area (TPSA) is 100 Å². The fourth-order valence-corrected chi connectivity index (χ4v) is 3.10. The van der Waals surface area contributed by atoms with Crippen molar-refractivity contribution in [3.8, 4) is 11.8 Å². The van der Waals surface area contributed by atoms with Crippen LogP contribution >= 0.6 is 0 Å². The molecule has 2 N–H and O–H groups in total. The average Bonchev–Trinajstić information content (AvgIpc) is 2.75. The molecule has 0 atom stereocenters. The summed E-state index contributed by atoms with van der Waals surface area (Å²) < 4.78 is 5.80. The lowest BCUT2D eigenvalue weighted by Gasteiger charge is -2.26. The van der Waals surface area contributed by atoms with Crippen LogP contribution in [0.3, 0.4) is 0 Å². The van der Waals surface area contributed by atoms with Crippen LogP contribution < -0.4 is 15.0 Å². The van der Waals surface area contributed by atoms with Crippen LogP contribution in [0.1, 0.15) is 29.6 Å². The molecule has 0 bridgehead atoms. The number of piperidine rings is 1. The first-order valence-corrected chi connectivity index (χ1v) is 9.52. The molecule has 3 aromatic rings. The van der Waals surface area contributed by atoms with Crippen LogP contribution in [-0.4, -0.2) is 39.1 Å². The third-order valence-corrected chi connectivity index (χ3v) is 4.58. The number of anilines is 3. The molecular formula is C21H21N5O3. The molecule has 1 saturated heterocycles. The van der Waals surface area contributed by atoms with Crippen LogP contribution in [0.25, 0.3) is 0 Å². The maximum Gasteiger partial charge on any atom is 0.335 e. The monoisotopic (exact) mass is 391 g/mol. The molecule has 4 rings (SSSR count). The molecule has 0 saturated carbocycles. The molecule has 8 heteroatoms. The molecule has 1 fully saturated rings. The zero-order valence-electron chi connectivity index (χ0n) is 15.8. The third kappa shape index (κ3) is 4.78. The number of para-hydroxylation sites is 1. The van der Waals surface area contributed by atoms with E-state index in [0.29, 0.717) is 17.6 Å². The van der Waals surface area contributed by atoms with Crippen molar-refractivity contribution in [2.24, 2.45) is 0 Å². The molecule has 0 amide bonds. The van der Waals surface area contributed by atoms with E-state index in [1.807, 2.05) is 30.3 Å². The lowest BCUT2D eigenvalue weighted by Crippen LogP contribution is -2.31. The van der Waals surface area contributed by atoms with Crippen LogP contribution in [0.5, 0.6) is 11.8 Å². The fraction of sp³-hybridized carbons (Fsp3) is 0.238. The number of nitrogens with zero attached hydrogens (tertiary/aromatic N) is 4. The number of carboxylic acids is 1. The molecular weight excluding hydrogens is 370 g/mol. The number of rotatable bonds is 6. The summed E-state index contributed by atoms with van der Waals surface area (Å²) in [4.78, 5) is 26.6. The van der Waals surface area contributed by atoms with Crippen molar-refractivity contribution >= 4 is 23.6 Å². The normalized spacial score (nSPS) is 13.7. The Labute approximate surface area is 168 Å². The SMILES string of the molecule is O=C(O)c1ccc(Oc2nc(Nc3ccccc3)nc(N3CCCCC3)n2)cc1. The number of carbonyl (C=O) groups is 1. The van der Waals surface area contributed by atoms with E-state index in [-0.39, 0.29) is 11.6 Å². The Morgan fingerprint density at radius 1 is 0.931 bits per heavy atom. The first kappa shape index (κ1) is 18.7. The molecule has 2 heterocycles. The standard InChI is InChI=1S/C21H21N5O3/c27-18(28)15-9-11-17(12-10-15)29-21-24-19(22-16-7-3-1-4-8-16)23-20(25-21)26-13-5-2-6-14-26/h1,3-4,7-12H,2,5-6,13-14H2,(H,27,28)(H,22,23,24,25). The van der Waals surface area contributed by atoms with Crippen molar-refractivity contribution < 1.29 is 14.6 Å². The van der Waals surface area contributed by atoms with Crippen molar-refractivity contribution in [3.05, 3.63) is 60.2 Å². The van der Waals surface area contributed by atoms with E-state index in [1.165, 1.54) is 18.6 Å². The second kappa shape index (κ2) is 8.55. The minimum atomic E-state index is -0.988. The highest BCUT2D eigenvalue weighted by Gasteiger charge is 2.17. The smallest absolute Gasteiger partial charge is 0.335 e. The number of ether oxygens (including phenoxy) is 1. The van der Waals surface area contributed by atoms with Gasteiger partial charge in [-0.3, -0.25) is 0 Å². The zero-order valence-corrected chi connectivity index (χ0v) is 15.8. The van der Waals surface area contributed by atoms with Gasteiger partial charge in [0.2, 0.25) is 11.9 Å². The minimum absolute atomic E-state index is 0.155. The van der Waals surface area contributed by atoms with Gasteiger partial charge in [-0.25, -0.2) is 4.79 Å². The minimum Gasteiger partial charge on any atom is -0.478 e. The van der Waals surface area contributed by atoms with Gasteiger partial charge < -0.3 is 20.1 Å². The largest absolute Gasteiger partial charge is 0.478 e. The highest BCUT2D eigenvalue weighted by Crippen LogP contribution is 2.24. The summed E-state index contributed by atoms with van der Waals surface area (Å²) >= 11 is 0. The molecule has 0 unspecified atom stereocenters. The fourth-order valence-electron chi connectivity index (χ4n) is 3.10. The molecule has 8 nitrogen and oxygen atoms in total. The summed E-state index contributed by atoms with van der Waals surface area (Å²) in [5.74, 6) is 0.425. The van der Waals surface area contributed by atoms with Gasteiger partial charge >= 0.3 is 12.0 Å². The van der Waals surface area contributed by atoms with E-state index >= 15 is 0 Å². The van der Waals surface area contributed by atoms with E-state index in [1.54, 1.807) is 12.1 Å². The van der Waals surface area contributed by atoms with Crippen molar-refractivity contribution in [1.82, 2.24) is 15.0 Å². The summed E-state index contributed by atoms with van der Waals surface area (Å²) in [6, 6.07) is 15.9. The molecule has 0 spiro atoms. The van der Waals surface area contributed by atoms with E-state index < -0.39 is 5.97 Å². The van der Waals surface area contributed by atoms with E-state index in [4.69, 9.17) is 9.84 Å². The van der Waals surface area contributed by atoms with Gasteiger partial charge in [-0.1, -0.05) is 18.2 Å². The van der Waals surface area contributed by atoms with Gasteiger partial charge in [0.1, 0.15) is 5.75 Å². The van der Waals surface area contributed by atoms with Gasteiger partial charge in [0.25, 0.3) is 0 Å². The molecule has 1 aliphatic heterocycles. The first-order valence-electron chi connectivity index (χ1n) is 9.52. The third-order valence-electron chi connectivity index (χ3n) is 4.58. The Morgan fingerprint density at radius 3 is 2.34 bits per heavy atom. The Kier molecular flexibility index (Phi) is 5.51. The highest BCUT2D eigenvalue weighted by atomic mass is 16.5. The van der Waals surface area contributed by atoms with Crippen molar-refractivity contribution in [2.75, 3.05) is 23.3 Å². The van der Waals surface area contributed by atoms with Crippen LogP contribution in [0.2, 0.25) is 0 Å². The van der Waals surface area contributed by atoms with Crippen molar-refractivity contribution in [2.45, 2.75) is 19.3 Å². The van der Waals surface area contributed by atoms with E-state index in [2.05, 4.69) is 25.2 Å². The number of carboxylic acid groups (broad SMARTS) is 1. The van der Waals surface area contributed by atoms with Crippen molar-refractivity contribution in [1.29, 1.82) is 0 Å². The Hall–Kier alpha value is -3.68. The van der Waals surface area contributed by atoms with Gasteiger partial charge in [-0.05, 0) is 55.7 Å². The summed E-state index contributed by atoms with van der Waals surface area (Å²) in [6.07, 6.45) is 3.40. The zero-order chi connectivity index (χ0) is 20.1. The summed E-state index contributed by atoms with van der Waals surface area (Å²) in [7, 11) is 0. The molecule has 148 valence electrons. The van der Waals surface area contributed by atoms with Gasteiger partial charge in [-0.15, -0.1) is 0 Å². The average molecular weight is 391 g/mol. The van der Waals surface area contributed by atoms with E-state index in [0.717, 1.165) is 31.6 Å². The maximum absolute atomic E-state index is 11.0. The second-order valence-corrected chi connectivity index (χ2v) is 6.71. The number of aromatic nitrogens is 3. The molecule has 1 aliphatic rings. The quantitative estimate of drug-likeness (QED) is 0.648. The maximum atomic E-state index is 11.0. The molecule has 2 aromatic carbocycles. The summed E-state index contributed by atoms with van der Waals surface area (Å²) in [5, 5.41) is 12.2. The van der Waals surface area contributed by atoms with Crippen LogP contribution in [0.15, 0.2) is 54.6 Å².